The highest BCUT2D eigenvalue weighted by Crippen LogP contribution is 2.21. The SMILES string of the molecule is CN=C(NCCCOCC(F)(F)F)N1CCC(Cc2ccccc2)CC1.I. The van der Waals surface area contributed by atoms with Crippen LogP contribution in [0.2, 0.25) is 0 Å². The van der Waals surface area contributed by atoms with Crippen LogP contribution in [0, 0.1) is 5.92 Å². The number of nitrogens with one attached hydrogen (secondary N) is 1. The third-order valence-electron chi connectivity index (χ3n) is 4.51. The Morgan fingerprint density at radius 3 is 2.48 bits per heavy atom. The van der Waals surface area contributed by atoms with Crippen LogP contribution >= 0.6 is 24.0 Å². The van der Waals surface area contributed by atoms with E-state index in [0.717, 1.165) is 38.3 Å². The fourth-order valence-electron chi connectivity index (χ4n) is 3.19. The summed E-state index contributed by atoms with van der Waals surface area (Å²) in [5.41, 5.74) is 1.38. The molecule has 2 rings (SSSR count). The second-order valence-electron chi connectivity index (χ2n) is 6.62. The molecule has 0 atom stereocenters. The topological polar surface area (TPSA) is 36.9 Å². The molecule has 1 aliphatic rings. The third-order valence-corrected chi connectivity index (χ3v) is 4.51. The molecule has 0 saturated carbocycles. The maximum atomic E-state index is 12.0. The molecule has 1 aromatic carbocycles. The van der Waals surface area contributed by atoms with Crippen molar-refractivity contribution in [3.05, 3.63) is 35.9 Å². The number of benzene rings is 1. The molecule has 27 heavy (non-hydrogen) atoms. The van der Waals surface area contributed by atoms with Crippen molar-refractivity contribution in [3.63, 3.8) is 0 Å². The van der Waals surface area contributed by atoms with Crippen molar-refractivity contribution in [2.45, 2.75) is 31.9 Å². The third kappa shape index (κ3) is 9.64. The van der Waals surface area contributed by atoms with Crippen molar-refractivity contribution in [1.29, 1.82) is 0 Å². The van der Waals surface area contributed by atoms with Gasteiger partial charge in [-0.25, -0.2) is 0 Å². The van der Waals surface area contributed by atoms with Crippen LogP contribution in [0.15, 0.2) is 35.3 Å². The normalized spacial score (nSPS) is 16.1. The van der Waals surface area contributed by atoms with Crippen molar-refractivity contribution >= 4 is 29.9 Å². The van der Waals surface area contributed by atoms with Gasteiger partial charge in [-0.05, 0) is 37.2 Å². The molecule has 1 aromatic rings. The number of likely N-dealkylation sites (tertiary alicyclic amines) is 1. The van der Waals surface area contributed by atoms with Crippen LogP contribution in [0.1, 0.15) is 24.8 Å². The van der Waals surface area contributed by atoms with Crippen LogP contribution in [0.4, 0.5) is 13.2 Å². The van der Waals surface area contributed by atoms with Crippen molar-refractivity contribution in [2.24, 2.45) is 10.9 Å². The summed E-state index contributed by atoms with van der Waals surface area (Å²) in [6.07, 6.45) is -0.404. The Morgan fingerprint density at radius 2 is 1.89 bits per heavy atom. The number of aliphatic imine (C=N–C) groups is 1. The first-order chi connectivity index (χ1) is 12.5. The minimum atomic E-state index is -4.26. The number of nitrogens with zero attached hydrogens (tertiary/aromatic N) is 2. The number of alkyl halides is 3. The summed E-state index contributed by atoms with van der Waals surface area (Å²) in [5.74, 6) is 1.50. The van der Waals surface area contributed by atoms with E-state index in [0.29, 0.717) is 18.9 Å². The molecule has 1 saturated heterocycles. The van der Waals surface area contributed by atoms with Gasteiger partial charge in [-0.2, -0.15) is 13.2 Å². The largest absolute Gasteiger partial charge is 0.411 e. The average Bonchev–Trinajstić information content (AvgIpc) is 2.62. The summed E-state index contributed by atoms with van der Waals surface area (Å²) in [4.78, 5) is 6.51. The molecular weight excluding hydrogens is 470 g/mol. The van der Waals surface area contributed by atoms with E-state index < -0.39 is 12.8 Å². The second kappa shape index (κ2) is 12.4. The van der Waals surface area contributed by atoms with E-state index in [1.165, 1.54) is 5.56 Å². The number of ether oxygens (including phenoxy) is 1. The Morgan fingerprint density at radius 1 is 1.22 bits per heavy atom. The molecule has 0 aliphatic carbocycles. The quantitative estimate of drug-likeness (QED) is 0.266. The van der Waals surface area contributed by atoms with Gasteiger partial charge in [0.15, 0.2) is 5.96 Å². The molecule has 1 fully saturated rings. The van der Waals surface area contributed by atoms with Gasteiger partial charge in [-0.3, -0.25) is 4.99 Å². The van der Waals surface area contributed by atoms with Crippen molar-refractivity contribution < 1.29 is 17.9 Å². The maximum Gasteiger partial charge on any atom is 0.411 e. The molecule has 0 amide bonds. The Hall–Kier alpha value is -1.03. The molecular formula is C19H29F3IN3O. The fraction of sp³-hybridized carbons (Fsp3) is 0.632. The van der Waals surface area contributed by atoms with Gasteiger partial charge in [0.2, 0.25) is 0 Å². The summed E-state index contributed by atoms with van der Waals surface area (Å²) >= 11 is 0. The standard InChI is InChI=1S/C19H28F3N3O.HI/c1-23-18(24-10-5-13-26-15-19(20,21)22)25-11-8-17(9-12-25)14-16-6-3-2-4-7-16;/h2-4,6-7,17H,5,8-15H2,1H3,(H,23,24);1H. The van der Waals surface area contributed by atoms with Gasteiger partial charge in [-0.15, -0.1) is 24.0 Å². The summed E-state index contributed by atoms with van der Waals surface area (Å²) < 4.78 is 40.6. The lowest BCUT2D eigenvalue weighted by Crippen LogP contribution is -2.46. The Balaban J connectivity index is 0.00000364. The molecule has 0 radical (unpaired) electrons. The first-order valence-corrected chi connectivity index (χ1v) is 9.12. The number of hydrogen-bond donors (Lipinski definition) is 1. The predicted octanol–water partition coefficient (Wildman–Crippen LogP) is 4.10. The monoisotopic (exact) mass is 499 g/mol. The van der Waals surface area contributed by atoms with Crippen molar-refractivity contribution in [3.8, 4) is 0 Å². The first kappa shape index (κ1) is 24.0. The zero-order valence-corrected chi connectivity index (χ0v) is 18.0. The van der Waals surface area contributed by atoms with Gasteiger partial charge >= 0.3 is 6.18 Å². The summed E-state index contributed by atoms with van der Waals surface area (Å²) in [6.45, 7) is 1.34. The van der Waals surface area contributed by atoms with Crippen LogP contribution < -0.4 is 5.32 Å². The smallest absolute Gasteiger partial charge is 0.372 e. The van der Waals surface area contributed by atoms with Gasteiger partial charge in [-0.1, -0.05) is 30.3 Å². The molecule has 0 aromatic heterocycles. The van der Waals surface area contributed by atoms with E-state index in [-0.39, 0.29) is 30.6 Å². The minimum Gasteiger partial charge on any atom is -0.372 e. The Bertz CT molecular complexity index is 547. The van der Waals surface area contributed by atoms with E-state index in [1.807, 2.05) is 6.07 Å². The van der Waals surface area contributed by atoms with Crippen LogP contribution in [-0.4, -0.2) is 56.9 Å². The number of hydrogen-bond acceptors (Lipinski definition) is 2. The molecule has 1 aliphatic heterocycles. The van der Waals surface area contributed by atoms with Crippen molar-refractivity contribution in [2.75, 3.05) is 39.9 Å². The van der Waals surface area contributed by atoms with Gasteiger partial charge in [0, 0.05) is 33.3 Å². The molecule has 8 heteroatoms. The molecule has 154 valence electrons. The molecule has 1 N–H and O–H groups in total. The molecule has 4 nitrogen and oxygen atoms in total. The minimum absolute atomic E-state index is 0. The molecule has 0 spiro atoms. The van der Waals surface area contributed by atoms with Crippen LogP contribution in [0.3, 0.4) is 0 Å². The second-order valence-corrected chi connectivity index (χ2v) is 6.62. The zero-order valence-electron chi connectivity index (χ0n) is 15.7. The Labute approximate surface area is 176 Å². The highest BCUT2D eigenvalue weighted by Gasteiger charge is 2.27. The van der Waals surface area contributed by atoms with Gasteiger partial charge in [0.25, 0.3) is 0 Å². The summed E-state index contributed by atoms with van der Waals surface area (Å²) in [7, 11) is 1.73. The Kier molecular flexibility index (Phi) is 11.1. The summed E-state index contributed by atoms with van der Waals surface area (Å²) in [6, 6.07) is 10.5. The molecule has 0 unspecified atom stereocenters. The zero-order chi connectivity index (χ0) is 18.8. The molecule has 1 heterocycles. The lowest BCUT2D eigenvalue weighted by atomic mass is 9.90. The summed E-state index contributed by atoms with van der Waals surface area (Å²) in [5, 5.41) is 3.22. The van der Waals surface area contributed by atoms with E-state index >= 15 is 0 Å². The van der Waals surface area contributed by atoms with E-state index in [2.05, 4.69) is 44.2 Å². The van der Waals surface area contributed by atoms with Gasteiger partial charge in [0.1, 0.15) is 6.61 Å². The highest BCUT2D eigenvalue weighted by atomic mass is 127. The number of guanidine groups is 1. The average molecular weight is 499 g/mol. The van der Waals surface area contributed by atoms with Crippen LogP contribution in [0.5, 0.6) is 0 Å². The first-order valence-electron chi connectivity index (χ1n) is 9.12. The molecule has 0 bridgehead atoms. The van der Waals surface area contributed by atoms with E-state index in [1.54, 1.807) is 7.05 Å². The van der Waals surface area contributed by atoms with E-state index in [9.17, 15) is 13.2 Å². The van der Waals surface area contributed by atoms with Crippen LogP contribution in [0.25, 0.3) is 0 Å². The lowest BCUT2D eigenvalue weighted by Gasteiger charge is -2.34. The number of rotatable bonds is 7. The van der Waals surface area contributed by atoms with Crippen molar-refractivity contribution in [1.82, 2.24) is 10.2 Å². The highest BCUT2D eigenvalue weighted by molar-refractivity contribution is 14.0. The number of halogens is 4. The predicted molar refractivity (Wildman–Crippen MR) is 113 cm³/mol. The lowest BCUT2D eigenvalue weighted by molar-refractivity contribution is -0.173. The van der Waals surface area contributed by atoms with E-state index in [4.69, 9.17) is 0 Å². The van der Waals surface area contributed by atoms with Gasteiger partial charge in [0.05, 0.1) is 0 Å². The number of piperidine rings is 1. The maximum absolute atomic E-state index is 12.0. The fourth-order valence-corrected chi connectivity index (χ4v) is 3.19. The van der Waals surface area contributed by atoms with Crippen LogP contribution in [-0.2, 0) is 11.2 Å². The van der Waals surface area contributed by atoms with Gasteiger partial charge < -0.3 is 15.0 Å².